The topological polar surface area (TPSA) is 47.8 Å². The fraction of sp³-hybridized carbons (Fsp3) is 0. The zero-order valence-electron chi connectivity index (χ0n) is 13.0. The Hall–Kier alpha value is -2.76. The minimum absolute atomic E-state index is 0.131. The molecule has 0 aliphatic rings. The Balaban J connectivity index is 1.96. The van der Waals surface area contributed by atoms with Crippen molar-refractivity contribution in [3.8, 4) is 5.69 Å². The number of hydrogen-bond acceptors (Lipinski definition) is 4. The van der Waals surface area contributed by atoms with Crippen LogP contribution in [-0.2, 0) is 0 Å². The quantitative estimate of drug-likeness (QED) is 0.530. The summed E-state index contributed by atoms with van der Waals surface area (Å²) in [4.78, 5) is 21.9. The predicted molar refractivity (Wildman–Crippen MR) is 103 cm³/mol. The number of para-hydroxylation sites is 1. The number of hydrogen-bond donors (Lipinski definition) is 0. The summed E-state index contributed by atoms with van der Waals surface area (Å²) in [6, 6.07) is 14.7. The van der Waals surface area contributed by atoms with Crippen molar-refractivity contribution in [1.82, 2.24) is 14.5 Å². The number of pyridine rings is 1. The van der Waals surface area contributed by atoms with Gasteiger partial charge in [-0.25, -0.2) is 4.98 Å². The molecule has 0 spiro atoms. The summed E-state index contributed by atoms with van der Waals surface area (Å²) in [6.45, 7) is 0. The molecule has 0 aliphatic carbocycles. The highest BCUT2D eigenvalue weighted by Crippen LogP contribution is 2.23. The lowest BCUT2D eigenvalue weighted by Crippen LogP contribution is -2.21. The molecular weight excluding hydrogens is 354 g/mol. The molecule has 6 heteroatoms. The van der Waals surface area contributed by atoms with Gasteiger partial charge in [0, 0.05) is 6.20 Å². The zero-order valence-corrected chi connectivity index (χ0v) is 14.5. The van der Waals surface area contributed by atoms with Crippen LogP contribution < -0.4 is 5.56 Å². The van der Waals surface area contributed by atoms with Crippen LogP contribution in [0.25, 0.3) is 28.1 Å². The highest BCUT2D eigenvalue weighted by atomic mass is 35.5. The molecule has 0 fully saturated rings. The number of rotatable bonds is 3. The number of thiophene rings is 1. The maximum atomic E-state index is 13.0. The van der Waals surface area contributed by atoms with Crippen LogP contribution in [0.4, 0.5) is 0 Å². The lowest BCUT2D eigenvalue weighted by Gasteiger charge is -2.11. The van der Waals surface area contributed by atoms with Crippen LogP contribution in [0.2, 0.25) is 5.02 Å². The van der Waals surface area contributed by atoms with Gasteiger partial charge >= 0.3 is 0 Å². The normalized spacial score (nSPS) is 11.4. The van der Waals surface area contributed by atoms with Crippen LogP contribution in [0.5, 0.6) is 0 Å². The molecular formula is C19H12ClN3OS. The summed E-state index contributed by atoms with van der Waals surface area (Å²) in [7, 11) is 0. The second kappa shape index (κ2) is 6.63. The Morgan fingerprint density at radius 2 is 1.88 bits per heavy atom. The molecule has 0 aliphatic heterocycles. The number of halogens is 1. The minimum atomic E-state index is -0.131. The first-order chi connectivity index (χ1) is 12.2. The van der Waals surface area contributed by atoms with Crippen molar-refractivity contribution in [1.29, 1.82) is 0 Å². The van der Waals surface area contributed by atoms with Crippen LogP contribution in [0, 0.1) is 0 Å². The fourth-order valence-corrected chi connectivity index (χ4v) is 3.52. The highest BCUT2D eigenvalue weighted by molar-refractivity contribution is 7.17. The van der Waals surface area contributed by atoms with Gasteiger partial charge < -0.3 is 0 Å². The van der Waals surface area contributed by atoms with Crippen LogP contribution in [-0.4, -0.2) is 14.5 Å². The van der Waals surface area contributed by atoms with E-state index in [2.05, 4.69) is 9.97 Å². The molecule has 0 radical (unpaired) electrons. The lowest BCUT2D eigenvalue weighted by molar-refractivity contribution is 0.947. The van der Waals surface area contributed by atoms with E-state index in [1.54, 1.807) is 22.9 Å². The molecule has 0 N–H and O–H groups in total. The average Bonchev–Trinajstić information content (AvgIpc) is 3.11. The largest absolute Gasteiger partial charge is 0.276 e. The Labute approximate surface area is 152 Å². The molecule has 3 aromatic heterocycles. The van der Waals surface area contributed by atoms with E-state index in [1.807, 2.05) is 53.9 Å². The Bertz CT molecular complexity index is 1130. The van der Waals surface area contributed by atoms with Gasteiger partial charge in [-0.1, -0.05) is 29.8 Å². The third kappa shape index (κ3) is 2.99. The molecule has 3 heterocycles. The summed E-state index contributed by atoms with van der Waals surface area (Å²) < 4.78 is 2.15. The van der Waals surface area contributed by atoms with E-state index in [-0.39, 0.29) is 5.56 Å². The second-order valence-corrected chi connectivity index (χ2v) is 6.61. The van der Waals surface area contributed by atoms with E-state index < -0.39 is 0 Å². The Kier molecular flexibility index (Phi) is 4.17. The molecule has 0 amide bonds. The molecule has 4 aromatic rings. The molecule has 122 valence electrons. The van der Waals surface area contributed by atoms with Gasteiger partial charge in [0.05, 0.1) is 21.9 Å². The summed E-state index contributed by atoms with van der Waals surface area (Å²) in [6.07, 6.45) is 5.33. The van der Waals surface area contributed by atoms with Crippen molar-refractivity contribution in [2.75, 3.05) is 0 Å². The van der Waals surface area contributed by atoms with E-state index in [0.717, 1.165) is 5.69 Å². The van der Waals surface area contributed by atoms with Gasteiger partial charge in [0.1, 0.15) is 10.5 Å². The number of fused-ring (bicyclic) bond motifs is 1. The molecule has 0 bridgehead atoms. The summed E-state index contributed by atoms with van der Waals surface area (Å²) in [5.74, 6) is 0.509. The lowest BCUT2D eigenvalue weighted by atomic mass is 10.2. The zero-order chi connectivity index (χ0) is 17.2. The maximum absolute atomic E-state index is 13.0. The fourth-order valence-electron chi connectivity index (χ4n) is 2.54. The van der Waals surface area contributed by atoms with Gasteiger partial charge in [0.25, 0.3) is 5.56 Å². The molecule has 0 saturated heterocycles. The van der Waals surface area contributed by atoms with Gasteiger partial charge in [-0.15, -0.1) is 11.3 Å². The van der Waals surface area contributed by atoms with Gasteiger partial charge in [-0.2, -0.15) is 0 Å². The standard InChI is InChI=1S/C19H12ClN3OS/c20-14-6-1-2-7-16(14)23-17(9-8-13-5-3-4-11-21-13)22-15-10-12-25-18(15)19(23)24/h1-12H/b9-8+. The number of nitrogens with zero attached hydrogens (tertiary/aromatic N) is 3. The number of benzene rings is 1. The third-order valence-electron chi connectivity index (χ3n) is 3.69. The van der Waals surface area contributed by atoms with Crippen LogP contribution >= 0.6 is 22.9 Å². The molecule has 0 unspecified atom stereocenters. The Morgan fingerprint density at radius 3 is 2.68 bits per heavy atom. The third-order valence-corrected chi connectivity index (χ3v) is 4.90. The summed E-state index contributed by atoms with van der Waals surface area (Å²) in [5, 5.41) is 2.36. The van der Waals surface area contributed by atoms with Crippen molar-refractivity contribution < 1.29 is 0 Å². The Morgan fingerprint density at radius 1 is 1.04 bits per heavy atom. The van der Waals surface area contributed by atoms with Crippen molar-refractivity contribution in [3.05, 3.63) is 87.0 Å². The van der Waals surface area contributed by atoms with E-state index in [0.29, 0.717) is 26.8 Å². The highest BCUT2D eigenvalue weighted by Gasteiger charge is 2.14. The van der Waals surface area contributed by atoms with E-state index in [4.69, 9.17) is 11.6 Å². The monoisotopic (exact) mass is 365 g/mol. The van der Waals surface area contributed by atoms with Crippen LogP contribution in [0.3, 0.4) is 0 Å². The molecule has 4 nitrogen and oxygen atoms in total. The van der Waals surface area contributed by atoms with Crippen molar-refractivity contribution in [2.45, 2.75) is 0 Å². The van der Waals surface area contributed by atoms with E-state index in [1.165, 1.54) is 11.3 Å². The van der Waals surface area contributed by atoms with E-state index >= 15 is 0 Å². The van der Waals surface area contributed by atoms with E-state index in [9.17, 15) is 4.79 Å². The smallest absolute Gasteiger partial charge is 0.267 e. The average molecular weight is 366 g/mol. The second-order valence-electron chi connectivity index (χ2n) is 5.28. The first-order valence-electron chi connectivity index (χ1n) is 7.58. The van der Waals surface area contributed by atoms with Crippen molar-refractivity contribution in [3.63, 3.8) is 0 Å². The minimum Gasteiger partial charge on any atom is -0.267 e. The summed E-state index contributed by atoms with van der Waals surface area (Å²) in [5.41, 5.74) is 1.94. The van der Waals surface area contributed by atoms with Crippen molar-refractivity contribution in [2.24, 2.45) is 0 Å². The molecule has 0 saturated carbocycles. The van der Waals surface area contributed by atoms with Crippen molar-refractivity contribution >= 4 is 45.3 Å². The maximum Gasteiger partial charge on any atom is 0.276 e. The van der Waals surface area contributed by atoms with Gasteiger partial charge in [-0.05, 0) is 47.9 Å². The predicted octanol–water partition coefficient (Wildman–Crippen LogP) is 4.67. The van der Waals surface area contributed by atoms with Crippen LogP contribution in [0.1, 0.15) is 11.5 Å². The first kappa shape index (κ1) is 15.7. The van der Waals surface area contributed by atoms with Gasteiger partial charge in [0.15, 0.2) is 0 Å². The summed E-state index contributed by atoms with van der Waals surface area (Å²) >= 11 is 7.70. The van der Waals surface area contributed by atoms with Crippen LogP contribution in [0.15, 0.2) is 64.9 Å². The first-order valence-corrected chi connectivity index (χ1v) is 8.84. The molecule has 0 atom stereocenters. The molecule has 4 rings (SSSR count). The van der Waals surface area contributed by atoms with Gasteiger partial charge in [-0.3, -0.25) is 14.3 Å². The SMILES string of the molecule is O=c1c2sccc2nc(/C=C/c2ccccn2)n1-c1ccccc1Cl. The number of aromatic nitrogens is 3. The molecule has 25 heavy (non-hydrogen) atoms. The molecule has 1 aromatic carbocycles. The van der Waals surface area contributed by atoms with Gasteiger partial charge in [0.2, 0.25) is 0 Å².